The summed E-state index contributed by atoms with van der Waals surface area (Å²) < 4.78 is 16.0. The summed E-state index contributed by atoms with van der Waals surface area (Å²) in [7, 11) is 4.73. The van der Waals surface area contributed by atoms with Gasteiger partial charge in [-0.3, -0.25) is 0 Å². The van der Waals surface area contributed by atoms with Crippen molar-refractivity contribution >= 4 is 11.6 Å². The lowest BCUT2D eigenvalue weighted by Crippen LogP contribution is -2.08. The van der Waals surface area contributed by atoms with Crippen molar-refractivity contribution < 1.29 is 14.2 Å². The summed E-state index contributed by atoms with van der Waals surface area (Å²) >= 11 is 6.30. The Hall–Kier alpha value is -1.13. The van der Waals surface area contributed by atoms with Crippen LogP contribution >= 0.6 is 11.6 Å². The lowest BCUT2D eigenvalue weighted by atomic mass is 9.96. The monoisotopic (exact) mass is 273 g/mol. The zero-order chi connectivity index (χ0) is 13.7. The molecule has 18 heavy (non-hydrogen) atoms. The highest BCUT2D eigenvalue weighted by Crippen LogP contribution is 2.47. The van der Waals surface area contributed by atoms with E-state index >= 15 is 0 Å². The molecule has 0 heterocycles. The van der Waals surface area contributed by atoms with Crippen LogP contribution in [0, 0.1) is 0 Å². The minimum Gasteiger partial charge on any atom is -0.493 e. The van der Waals surface area contributed by atoms with Gasteiger partial charge in [0.05, 0.1) is 26.4 Å². The Morgan fingerprint density at radius 3 is 2.22 bits per heavy atom. The number of ether oxygens (including phenoxy) is 3. The molecule has 2 N–H and O–H groups in total. The molecule has 0 amide bonds. The minimum absolute atomic E-state index is 0.192. The van der Waals surface area contributed by atoms with Gasteiger partial charge in [0.15, 0.2) is 11.5 Å². The van der Waals surface area contributed by atoms with Crippen LogP contribution in [0.5, 0.6) is 17.2 Å². The number of nitrogens with two attached hydrogens (primary N) is 1. The maximum atomic E-state index is 6.30. The third-order valence-electron chi connectivity index (χ3n) is 2.91. The SMILES string of the molecule is COc1cc(Cl)c(C(C)CCN)c(OC)c1OC. The fourth-order valence-electron chi connectivity index (χ4n) is 2.00. The fraction of sp³-hybridized carbons (Fsp3) is 0.538. The average molecular weight is 274 g/mol. The number of rotatable bonds is 6. The topological polar surface area (TPSA) is 53.7 Å². The van der Waals surface area contributed by atoms with Gasteiger partial charge in [0.25, 0.3) is 0 Å². The van der Waals surface area contributed by atoms with Crippen molar-refractivity contribution in [3.05, 3.63) is 16.7 Å². The van der Waals surface area contributed by atoms with Gasteiger partial charge in [-0.2, -0.15) is 0 Å². The summed E-state index contributed by atoms with van der Waals surface area (Å²) in [5, 5.41) is 0.602. The van der Waals surface area contributed by atoms with Crippen LogP contribution in [0.1, 0.15) is 24.8 Å². The Balaban J connectivity index is 3.40. The van der Waals surface area contributed by atoms with Crippen LogP contribution in [0.2, 0.25) is 5.02 Å². The van der Waals surface area contributed by atoms with E-state index in [1.807, 2.05) is 0 Å². The van der Waals surface area contributed by atoms with E-state index in [4.69, 9.17) is 31.5 Å². The molecule has 0 fully saturated rings. The molecule has 1 aromatic carbocycles. The Labute approximate surface area is 113 Å². The van der Waals surface area contributed by atoms with Crippen LogP contribution in [-0.4, -0.2) is 27.9 Å². The molecule has 0 radical (unpaired) electrons. The number of halogens is 1. The first-order chi connectivity index (χ1) is 8.60. The second kappa shape index (κ2) is 6.71. The molecule has 0 saturated carbocycles. The van der Waals surface area contributed by atoms with E-state index in [0.717, 1.165) is 12.0 Å². The van der Waals surface area contributed by atoms with Gasteiger partial charge < -0.3 is 19.9 Å². The van der Waals surface area contributed by atoms with Crippen molar-refractivity contribution in [1.29, 1.82) is 0 Å². The molecule has 0 saturated heterocycles. The molecule has 1 aromatic rings. The smallest absolute Gasteiger partial charge is 0.203 e. The highest BCUT2D eigenvalue weighted by molar-refractivity contribution is 6.32. The van der Waals surface area contributed by atoms with Crippen molar-refractivity contribution in [2.24, 2.45) is 5.73 Å². The average Bonchev–Trinajstić information content (AvgIpc) is 2.37. The maximum Gasteiger partial charge on any atom is 0.203 e. The Bertz CT molecular complexity index is 410. The van der Waals surface area contributed by atoms with Crippen molar-refractivity contribution in [3.63, 3.8) is 0 Å². The molecule has 0 aliphatic rings. The van der Waals surface area contributed by atoms with Gasteiger partial charge in [0.1, 0.15) is 0 Å². The Morgan fingerprint density at radius 2 is 1.78 bits per heavy atom. The third kappa shape index (κ3) is 2.82. The van der Waals surface area contributed by atoms with Crippen LogP contribution in [-0.2, 0) is 0 Å². The van der Waals surface area contributed by atoms with Crippen LogP contribution in [0.15, 0.2) is 6.07 Å². The van der Waals surface area contributed by atoms with E-state index in [-0.39, 0.29) is 5.92 Å². The van der Waals surface area contributed by atoms with Crippen molar-refractivity contribution in [1.82, 2.24) is 0 Å². The van der Waals surface area contributed by atoms with Gasteiger partial charge in [-0.15, -0.1) is 0 Å². The first-order valence-electron chi connectivity index (χ1n) is 5.79. The van der Waals surface area contributed by atoms with E-state index < -0.39 is 0 Å². The summed E-state index contributed by atoms with van der Waals surface area (Å²) in [4.78, 5) is 0. The first kappa shape index (κ1) is 14.9. The fourth-order valence-corrected chi connectivity index (χ4v) is 2.37. The molecule has 0 aromatic heterocycles. The van der Waals surface area contributed by atoms with Gasteiger partial charge in [0, 0.05) is 11.6 Å². The lowest BCUT2D eigenvalue weighted by Gasteiger charge is -2.21. The third-order valence-corrected chi connectivity index (χ3v) is 3.22. The number of hydrogen-bond donors (Lipinski definition) is 1. The standard InChI is InChI=1S/C13H20ClNO3/c1-8(5-6-15)11-9(14)7-10(16-2)12(17-3)13(11)18-4/h7-8H,5-6,15H2,1-4H3. The summed E-state index contributed by atoms with van der Waals surface area (Å²) in [6.45, 7) is 2.65. The molecule has 1 atom stereocenters. The molecule has 0 spiro atoms. The number of methoxy groups -OCH3 is 3. The summed E-state index contributed by atoms with van der Waals surface area (Å²) in [6.07, 6.45) is 0.825. The van der Waals surface area contributed by atoms with E-state index in [2.05, 4.69) is 6.92 Å². The molecular formula is C13H20ClNO3. The highest BCUT2D eigenvalue weighted by atomic mass is 35.5. The van der Waals surface area contributed by atoms with Gasteiger partial charge in [-0.05, 0) is 18.9 Å². The molecule has 0 aliphatic carbocycles. The van der Waals surface area contributed by atoms with Crippen LogP contribution in [0.25, 0.3) is 0 Å². The highest BCUT2D eigenvalue weighted by Gasteiger charge is 2.23. The maximum absolute atomic E-state index is 6.30. The molecule has 4 nitrogen and oxygen atoms in total. The Morgan fingerprint density at radius 1 is 1.17 bits per heavy atom. The summed E-state index contributed by atoms with van der Waals surface area (Å²) in [5.41, 5.74) is 6.50. The van der Waals surface area contributed by atoms with Crippen LogP contribution in [0.3, 0.4) is 0 Å². The zero-order valence-electron chi connectivity index (χ0n) is 11.2. The predicted octanol–water partition coefficient (Wildman–Crippen LogP) is 2.82. The van der Waals surface area contributed by atoms with Crippen LogP contribution < -0.4 is 19.9 Å². The van der Waals surface area contributed by atoms with Gasteiger partial charge >= 0.3 is 0 Å². The van der Waals surface area contributed by atoms with Crippen molar-refractivity contribution in [2.45, 2.75) is 19.3 Å². The number of benzene rings is 1. The zero-order valence-corrected chi connectivity index (χ0v) is 12.0. The molecule has 0 aliphatic heterocycles. The summed E-state index contributed by atoms with van der Waals surface area (Å²) in [5.74, 6) is 1.92. The van der Waals surface area contributed by atoms with Gasteiger partial charge in [0.2, 0.25) is 5.75 Å². The normalized spacial score (nSPS) is 12.1. The van der Waals surface area contributed by atoms with Crippen molar-refractivity contribution in [2.75, 3.05) is 27.9 Å². The number of hydrogen-bond acceptors (Lipinski definition) is 4. The molecule has 1 unspecified atom stereocenters. The van der Waals surface area contributed by atoms with E-state index in [1.54, 1.807) is 27.4 Å². The van der Waals surface area contributed by atoms with E-state index in [9.17, 15) is 0 Å². The molecule has 1 rings (SSSR count). The first-order valence-corrected chi connectivity index (χ1v) is 6.16. The largest absolute Gasteiger partial charge is 0.493 e. The quantitative estimate of drug-likeness (QED) is 0.866. The van der Waals surface area contributed by atoms with Crippen LogP contribution in [0.4, 0.5) is 0 Å². The predicted molar refractivity (Wildman–Crippen MR) is 73.2 cm³/mol. The second-order valence-corrected chi connectivity index (χ2v) is 4.43. The van der Waals surface area contributed by atoms with E-state index in [0.29, 0.717) is 28.8 Å². The molecule has 102 valence electrons. The second-order valence-electron chi connectivity index (χ2n) is 4.02. The molecule has 0 bridgehead atoms. The lowest BCUT2D eigenvalue weighted by molar-refractivity contribution is 0.321. The summed E-state index contributed by atoms with van der Waals surface area (Å²) in [6, 6.07) is 1.74. The molecule has 5 heteroatoms. The van der Waals surface area contributed by atoms with Gasteiger partial charge in [-0.1, -0.05) is 18.5 Å². The molecular weight excluding hydrogens is 254 g/mol. The van der Waals surface area contributed by atoms with Gasteiger partial charge in [-0.25, -0.2) is 0 Å². The Kier molecular flexibility index (Phi) is 5.56. The van der Waals surface area contributed by atoms with Crippen molar-refractivity contribution in [3.8, 4) is 17.2 Å². The minimum atomic E-state index is 0.192. The van der Waals surface area contributed by atoms with E-state index in [1.165, 1.54) is 0 Å².